The highest BCUT2D eigenvalue weighted by Crippen LogP contribution is 2.34. The molecule has 0 aliphatic rings. The molecule has 0 radical (unpaired) electrons. The number of rotatable bonds is 3. The van der Waals surface area contributed by atoms with Gasteiger partial charge in [-0.25, -0.2) is 15.0 Å². The van der Waals surface area contributed by atoms with Gasteiger partial charge in [0.2, 0.25) is 0 Å². The molecule has 9 heteroatoms. The number of hydrogen-bond donors (Lipinski definition) is 0. The van der Waals surface area contributed by atoms with Crippen molar-refractivity contribution in [3.63, 3.8) is 0 Å². The van der Waals surface area contributed by atoms with E-state index in [4.69, 9.17) is 0 Å². The molecular formula is C10H8F3N3OS2. The van der Waals surface area contributed by atoms with Crippen LogP contribution in [0.5, 0.6) is 5.75 Å². The van der Waals surface area contributed by atoms with Crippen molar-refractivity contribution in [2.75, 3.05) is 6.26 Å². The summed E-state index contributed by atoms with van der Waals surface area (Å²) in [6.07, 6.45) is 3.33. The fourth-order valence-electron chi connectivity index (χ4n) is 1.29. The van der Waals surface area contributed by atoms with Crippen LogP contribution in [0.3, 0.4) is 0 Å². The lowest BCUT2D eigenvalue weighted by atomic mass is 10.3. The monoisotopic (exact) mass is 307 g/mol. The number of aromatic nitrogens is 3. The first-order valence-corrected chi connectivity index (χ1v) is 6.96. The Morgan fingerprint density at radius 3 is 2.63 bits per heavy atom. The first-order valence-electron chi connectivity index (χ1n) is 5.00. The Balaban J connectivity index is 2.34. The quantitative estimate of drug-likeness (QED) is 0.490. The molecule has 2 aromatic rings. The third-order valence-corrected chi connectivity index (χ3v) is 3.11. The Bertz CT molecular complexity index is 606. The van der Waals surface area contributed by atoms with Crippen LogP contribution in [-0.4, -0.2) is 26.7 Å². The molecule has 0 atom stereocenters. The van der Waals surface area contributed by atoms with Gasteiger partial charge in [0.25, 0.3) is 0 Å². The van der Waals surface area contributed by atoms with Crippen molar-refractivity contribution in [2.45, 2.75) is 17.6 Å². The second-order valence-corrected chi connectivity index (χ2v) is 5.02. The Morgan fingerprint density at radius 2 is 2.00 bits per heavy atom. The van der Waals surface area contributed by atoms with Crippen molar-refractivity contribution in [1.29, 1.82) is 0 Å². The molecule has 0 amide bonds. The molecule has 0 fully saturated rings. The lowest BCUT2D eigenvalue weighted by molar-refractivity contribution is -0.0369. The second-order valence-electron chi connectivity index (χ2n) is 3.45. The van der Waals surface area contributed by atoms with Gasteiger partial charge < -0.3 is 4.18 Å². The molecule has 4 nitrogen and oxygen atoms in total. The molecule has 0 aliphatic heterocycles. The highest BCUT2D eigenvalue weighted by atomic mass is 32.2. The van der Waals surface area contributed by atoms with Gasteiger partial charge in [0.05, 0.1) is 5.69 Å². The maximum atomic E-state index is 12.1. The van der Waals surface area contributed by atoms with Crippen LogP contribution in [0.2, 0.25) is 0 Å². The van der Waals surface area contributed by atoms with Crippen LogP contribution in [0, 0.1) is 6.92 Å². The van der Waals surface area contributed by atoms with Crippen molar-refractivity contribution < 1.29 is 17.4 Å². The molecule has 2 rings (SSSR count). The average molecular weight is 307 g/mol. The van der Waals surface area contributed by atoms with Crippen molar-refractivity contribution in [3.8, 4) is 5.75 Å². The van der Waals surface area contributed by atoms with Gasteiger partial charge in [-0.3, -0.25) is 0 Å². The normalized spacial score (nSPS) is 11.8. The summed E-state index contributed by atoms with van der Waals surface area (Å²) in [6, 6.07) is 1.44. The second kappa shape index (κ2) is 5.41. The number of nitrogens with zero attached hydrogens (tertiary/aromatic N) is 3. The van der Waals surface area contributed by atoms with Crippen LogP contribution in [0.1, 0.15) is 5.69 Å². The SMILES string of the molecule is CSc1ncc2cc(OSC(F)(F)F)c(C)nc2n1. The van der Waals surface area contributed by atoms with Crippen LogP contribution < -0.4 is 4.18 Å². The number of pyridine rings is 1. The van der Waals surface area contributed by atoms with Crippen LogP contribution in [0.15, 0.2) is 17.4 Å². The van der Waals surface area contributed by atoms with Crippen molar-refractivity contribution in [1.82, 2.24) is 15.0 Å². The molecule has 0 unspecified atom stereocenters. The van der Waals surface area contributed by atoms with Crippen LogP contribution in [0.4, 0.5) is 13.2 Å². The van der Waals surface area contributed by atoms with E-state index in [0.29, 0.717) is 21.9 Å². The van der Waals surface area contributed by atoms with Crippen LogP contribution >= 0.6 is 23.8 Å². The van der Waals surface area contributed by atoms with E-state index in [1.807, 2.05) is 6.26 Å². The van der Waals surface area contributed by atoms with E-state index in [0.717, 1.165) is 0 Å². The average Bonchev–Trinajstić information content (AvgIpc) is 2.34. The molecule has 2 aromatic heterocycles. The largest absolute Gasteiger partial charge is 0.479 e. The summed E-state index contributed by atoms with van der Waals surface area (Å²) in [5.41, 5.74) is -3.68. The fraction of sp³-hybridized carbons (Fsp3) is 0.300. The maximum absolute atomic E-state index is 12.1. The number of fused-ring (bicyclic) bond motifs is 1. The minimum atomic E-state index is -4.46. The van der Waals surface area contributed by atoms with Gasteiger partial charge in [0.1, 0.15) is 0 Å². The van der Waals surface area contributed by atoms with E-state index >= 15 is 0 Å². The molecule has 19 heavy (non-hydrogen) atoms. The number of halogens is 3. The van der Waals surface area contributed by atoms with Gasteiger partial charge in [-0.1, -0.05) is 11.8 Å². The predicted molar refractivity (Wildman–Crippen MR) is 68.1 cm³/mol. The molecule has 102 valence electrons. The topological polar surface area (TPSA) is 47.9 Å². The van der Waals surface area contributed by atoms with E-state index in [9.17, 15) is 13.2 Å². The zero-order valence-electron chi connectivity index (χ0n) is 9.85. The predicted octanol–water partition coefficient (Wildman–Crippen LogP) is 3.60. The number of thioether (sulfide) groups is 1. The summed E-state index contributed by atoms with van der Waals surface area (Å²) in [5.74, 6) is 0.0512. The van der Waals surface area contributed by atoms with Gasteiger partial charge in [0.15, 0.2) is 28.6 Å². The molecule has 0 N–H and O–H groups in total. The standard InChI is InChI=1S/C10H8F3N3OS2/c1-5-7(17-19-10(11,12)13)3-6-4-14-9(18-2)16-8(6)15-5/h3-4H,1-2H3. The summed E-state index contributed by atoms with van der Waals surface area (Å²) in [7, 11) is 0. The molecule has 0 spiro atoms. The third kappa shape index (κ3) is 3.63. The summed E-state index contributed by atoms with van der Waals surface area (Å²) in [4.78, 5) is 12.3. The van der Waals surface area contributed by atoms with Crippen LogP contribution in [0.25, 0.3) is 11.0 Å². The first kappa shape index (κ1) is 14.2. The zero-order valence-corrected chi connectivity index (χ0v) is 11.5. The molecule has 0 saturated heterocycles. The summed E-state index contributed by atoms with van der Waals surface area (Å²) < 4.78 is 40.9. The van der Waals surface area contributed by atoms with Gasteiger partial charge in [-0.05, 0) is 19.2 Å². The molecule has 0 saturated carbocycles. The lowest BCUT2D eigenvalue weighted by Gasteiger charge is -2.09. The van der Waals surface area contributed by atoms with E-state index in [1.165, 1.54) is 24.0 Å². The highest BCUT2D eigenvalue weighted by Gasteiger charge is 2.31. The molecular weight excluding hydrogens is 299 g/mol. The van der Waals surface area contributed by atoms with E-state index in [-0.39, 0.29) is 5.75 Å². The summed E-state index contributed by atoms with van der Waals surface area (Å²) in [5, 5.41) is 1.08. The minimum Gasteiger partial charge on any atom is -0.415 e. The third-order valence-electron chi connectivity index (χ3n) is 2.10. The van der Waals surface area contributed by atoms with Gasteiger partial charge in [0, 0.05) is 11.6 Å². The van der Waals surface area contributed by atoms with Crippen molar-refractivity contribution in [2.24, 2.45) is 0 Å². The highest BCUT2D eigenvalue weighted by molar-refractivity contribution is 7.98. The fourth-order valence-corrected chi connectivity index (χ4v) is 1.98. The first-order chi connectivity index (χ1) is 8.89. The Labute approximate surface area is 115 Å². The van der Waals surface area contributed by atoms with E-state index in [1.54, 1.807) is 6.92 Å². The molecule has 0 aliphatic carbocycles. The lowest BCUT2D eigenvalue weighted by Crippen LogP contribution is -2.04. The smallest absolute Gasteiger partial charge is 0.415 e. The molecule has 2 heterocycles. The summed E-state index contributed by atoms with van der Waals surface area (Å²) in [6.45, 7) is 1.56. The number of hydrogen-bond acceptors (Lipinski definition) is 6. The summed E-state index contributed by atoms with van der Waals surface area (Å²) >= 11 is 0.793. The van der Waals surface area contributed by atoms with Gasteiger partial charge in [-0.15, -0.1) is 0 Å². The number of alkyl halides is 3. The van der Waals surface area contributed by atoms with Crippen molar-refractivity contribution in [3.05, 3.63) is 18.0 Å². The Hall–Kier alpha value is -1.22. The Kier molecular flexibility index (Phi) is 4.04. The Morgan fingerprint density at radius 1 is 1.26 bits per heavy atom. The zero-order chi connectivity index (χ0) is 14.0. The molecule has 0 bridgehead atoms. The van der Waals surface area contributed by atoms with E-state index < -0.39 is 17.6 Å². The van der Waals surface area contributed by atoms with Crippen LogP contribution in [-0.2, 0) is 0 Å². The molecule has 0 aromatic carbocycles. The number of aryl methyl sites for hydroxylation is 1. The van der Waals surface area contributed by atoms with Crippen molar-refractivity contribution >= 4 is 34.8 Å². The van der Waals surface area contributed by atoms with Gasteiger partial charge >= 0.3 is 5.51 Å². The maximum Gasteiger partial charge on any atom is 0.479 e. The van der Waals surface area contributed by atoms with E-state index in [2.05, 4.69) is 19.1 Å². The minimum absolute atomic E-state index is 0.0512. The van der Waals surface area contributed by atoms with Gasteiger partial charge in [-0.2, -0.15) is 13.2 Å².